The zero-order valence-corrected chi connectivity index (χ0v) is 33.9. The monoisotopic (exact) mass is 864 g/mol. The molecule has 0 unspecified atom stereocenters. The van der Waals surface area contributed by atoms with Crippen LogP contribution in [0.1, 0.15) is 51.6 Å². The Kier molecular flexibility index (Phi) is 11.8. The molecule has 6 atom stereocenters. The SMILES string of the molecule is NC(=O)NCC#Cc1ccc2c(c1)[C@]1(C(=O)N2C(=O)OCc2ccc([N+](=O)[O-])cc2)[C@H](c2ccccc2OCCO)N2[C@H](c3ccccc3)[C@H](c3ccccc3)OC(=O)[C@H]2[C@@H]1C(N)=O. The molecule has 6 N–H and O–H groups in total. The number of ether oxygens (including phenoxy) is 3. The number of cyclic esters (lactones) is 1. The average molecular weight is 865 g/mol. The van der Waals surface area contributed by atoms with Crippen LogP contribution in [0, 0.1) is 27.9 Å². The Hall–Kier alpha value is -8.07. The van der Waals surface area contributed by atoms with Crippen molar-refractivity contribution in [3.63, 3.8) is 0 Å². The third kappa shape index (κ3) is 7.50. The third-order valence-electron chi connectivity index (χ3n) is 11.6. The molecule has 0 radical (unpaired) electrons. The summed E-state index contributed by atoms with van der Waals surface area (Å²) in [7, 11) is 0. The number of hydrogen-bond acceptors (Lipinski definition) is 12. The smallest absolute Gasteiger partial charge is 0.421 e. The van der Waals surface area contributed by atoms with Crippen LogP contribution in [-0.2, 0) is 35.9 Å². The molecule has 3 aliphatic rings. The van der Waals surface area contributed by atoms with Gasteiger partial charge in [0.25, 0.3) is 5.69 Å². The van der Waals surface area contributed by atoms with Crippen molar-refractivity contribution in [2.45, 2.75) is 36.3 Å². The molecule has 3 heterocycles. The number of hydrogen-bond donors (Lipinski definition) is 4. The van der Waals surface area contributed by atoms with E-state index in [2.05, 4.69) is 17.2 Å². The quantitative estimate of drug-likeness (QED) is 0.0622. The highest BCUT2D eigenvalue weighted by Gasteiger charge is 2.76. The highest BCUT2D eigenvalue weighted by Crippen LogP contribution is 2.66. The number of aliphatic hydroxyl groups is 1. The minimum Gasteiger partial charge on any atom is -0.491 e. The van der Waals surface area contributed by atoms with Crippen LogP contribution in [0.5, 0.6) is 5.75 Å². The van der Waals surface area contributed by atoms with E-state index in [4.69, 9.17) is 25.7 Å². The molecule has 1 spiro atoms. The molecule has 17 heteroatoms. The fraction of sp³-hybridized carbons (Fsp3) is 0.213. The van der Waals surface area contributed by atoms with Gasteiger partial charge in [0.1, 0.15) is 36.5 Å². The number of benzene rings is 5. The first-order chi connectivity index (χ1) is 31.0. The number of nitrogens with one attached hydrogen (secondary N) is 1. The van der Waals surface area contributed by atoms with Crippen LogP contribution in [0.15, 0.2) is 127 Å². The van der Waals surface area contributed by atoms with Gasteiger partial charge in [-0.15, -0.1) is 0 Å². The van der Waals surface area contributed by atoms with Gasteiger partial charge in [0, 0.05) is 23.3 Å². The second-order valence-electron chi connectivity index (χ2n) is 15.1. The molecule has 8 rings (SSSR count). The molecule has 2 saturated heterocycles. The Labute approximate surface area is 365 Å². The van der Waals surface area contributed by atoms with E-state index in [1.54, 1.807) is 53.4 Å². The number of urea groups is 1. The second kappa shape index (κ2) is 17.7. The number of imide groups is 1. The van der Waals surface area contributed by atoms with E-state index in [1.165, 1.54) is 42.5 Å². The van der Waals surface area contributed by atoms with Gasteiger partial charge in [-0.1, -0.05) is 90.7 Å². The highest BCUT2D eigenvalue weighted by atomic mass is 16.6. The van der Waals surface area contributed by atoms with Crippen LogP contribution < -0.4 is 26.4 Å². The number of nitrogens with two attached hydrogens (primary N) is 2. The van der Waals surface area contributed by atoms with Crippen molar-refractivity contribution in [3.05, 3.63) is 171 Å². The molecule has 324 valence electrons. The minimum absolute atomic E-state index is 0.00592. The summed E-state index contributed by atoms with van der Waals surface area (Å²) in [6.07, 6.45) is -2.16. The van der Waals surface area contributed by atoms with Gasteiger partial charge in [-0.05, 0) is 58.7 Å². The van der Waals surface area contributed by atoms with Crippen molar-refractivity contribution in [1.82, 2.24) is 10.2 Å². The van der Waals surface area contributed by atoms with E-state index in [9.17, 15) is 34.4 Å². The van der Waals surface area contributed by atoms with Crippen molar-refractivity contribution in [2.75, 3.05) is 24.7 Å². The number of esters is 1. The predicted octanol–water partition coefficient (Wildman–Crippen LogP) is 4.47. The summed E-state index contributed by atoms with van der Waals surface area (Å²) in [5.74, 6) is 1.34. The van der Waals surface area contributed by atoms with Crippen molar-refractivity contribution < 1.29 is 48.2 Å². The van der Waals surface area contributed by atoms with E-state index in [0.29, 0.717) is 27.8 Å². The molecular formula is C47H40N6O11. The molecule has 17 nitrogen and oxygen atoms in total. The number of nitro groups is 1. The normalized spacial score (nSPS) is 22.1. The molecule has 0 aliphatic carbocycles. The van der Waals surface area contributed by atoms with Gasteiger partial charge in [0.15, 0.2) is 0 Å². The van der Waals surface area contributed by atoms with E-state index >= 15 is 4.79 Å². The van der Waals surface area contributed by atoms with Gasteiger partial charge in [-0.25, -0.2) is 14.5 Å². The Morgan fingerprint density at radius 1 is 0.875 bits per heavy atom. The van der Waals surface area contributed by atoms with Gasteiger partial charge in [0.2, 0.25) is 11.8 Å². The molecule has 2 fully saturated rings. The van der Waals surface area contributed by atoms with Crippen LogP contribution in [0.3, 0.4) is 0 Å². The summed E-state index contributed by atoms with van der Waals surface area (Å²) in [5, 5.41) is 23.6. The Bertz CT molecular complexity index is 2710. The second-order valence-corrected chi connectivity index (χ2v) is 15.1. The first-order valence-corrected chi connectivity index (χ1v) is 20.1. The average Bonchev–Trinajstić information content (AvgIpc) is 3.76. The predicted molar refractivity (Wildman–Crippen MR) is 228 cm³/mol. The Balaban J connectivity index is 1.39. The molecule has 5 aromatic rings. The number of para-hydroxylation sites is 1. The lowest BCUT2D eigenvalue weighted by Crippen LogP contribution is -2.55. The van der Waals surface area contributed by atoms with Gasteiger partial charge in [-0.3, -0.25) is 29.4 Å². The lowest BCUT2D eigenvalue weighted by atomic mass is 9.65. The number of nitro benzene ring substituents is 1. The maximum absolute atomic E-state index is 16.1. The van der Waals surface area contributed by atoms with Gasteiger partial charge >= 0.3 is 18.1 Å². The number of non-ortho nitro benzene ring substituents is 1. The van der Waals surface area contributed by atoms with E-state index in [-0.39, 0.29) is 42.4 Å². The van der Waals surface area contributed by atoms with E-state index in [1.807, 2.05) is 36.4 Å². The van der Waals surface area contributed by atoms with Gasteiger partial charge < -0.3 is 36.1 Å². The third-order valence-corrected chi connectivity index (χ3v) is 11.6. The standard InChI is InChI=1S/C47H40N6O11/c48-42(55)37-39-43(56)64-40(31-13-5-2-6-14-31)38(30-11-3-1-4-12-30)52(39)41(33-15-7-8-16-36(33)62-25-24-54)47(37)34-26-28(10-9-23-50-45(49)58)19-22-35(34)51(44(47)57)46(59)63-27-29-17-20-32(21-18-29)53(60)61/h1-8,11-22,26,37-41,54H,23-25,27H2,(H2,48,55)(H3,49,50,58)/t37-,38-,39-,40+,41+,47-/m1/s1. The fourth-order valence-electron chi connectivity index (χ4n) is 9.16. The van der Waals surface area contributed by atoms with E-state index in [0.717, 1.165) is 4.90 Å². The summed E-state index contributed by atoms with van der Waals surface area (Å²) in [5.41, 5.74) is 11.6. The maximum Gasteiger partial charge on any atom is 0.421 e. The van der Waals surface area contributed by atoms with Crippen LogP contribution >= 0.6 is 0 Å². The lowest BCUT2D eigenvalue weighted by Gasteiger charge is -2.46. The molecule has 0 saturated carbocycles. The van der Waals surface area contributed by atoms with Crippen LogP contribution in [0.2, 0.25) is 0 Å². The number of anilines is 1. The van der Waals surface area contributed by atoms with E-state index < -0.39 is 77.0 Å². The molecule has 5 aromatic carbocycles. The Morgan fingerprint density at radius 2 is 1.55 bits per heavy atom. The van der Waals surface area contributed by atoms with Crippen LogP contribution in [-0.4, -0.2) is 70.6 Å². The van der Waals surface area contributed by atoms with Gasteiger partial charge in [0.05, 0.1) is 41.8 Å². The van der Waals surface area contributed by atoms with Crippen molar-refractivity contribution in [2.24, 2.45) is 17.4 Å². The molecule has 3 aliphatic heterocycles. The number of aliphatic hydroxyl groups excluding tert-OH is 1. The fourth-order valence-corrected chi connectivity index (χ4v) is 9.16. The first-order valence-electron chi connectivity index (χ1n) is 20.1. The number of carbonyl (C=O) groups excluding carboxylic acids is 5. The zero-order chi connectivity index (χ0) is 45.1. The maximum atomic E-state index is 16.1. The number of carbonyl (C=O) groups is 5. The zero-order valence-electron chi connectivity index (χ0n) is 33.9. The van der Waals surface area contributed by atoms with Crippen molar-refractivity contribution >= 4 is 41.3 Å². The van der Waals surface area contributed by atoms with Gasteiger partial charge in [-0.2, -0.15) is 0 Å². The van der Waals surface area contributed by atoms with Crippen molar-refractivity contribution in [3.8, 4) is 17.6 Å². The minimum atomic E-state index is -2.22. The Morgan fingerprint density at radius 3 is 2.20 bits per heavy atom. The summed E-state index contributed by atoms with van der Waals surface area (Å²) in [6, 6.07) is 30.0. The summed E-state index contributed by atoms with van der Waals surface area (Å²) in [6.45, 7) is -1.09. The molecule has 0 bridgehead atoms. The topological polar surface area (TPSA) is 247 Å². The number of primary amides is 2. The number of fused-ring (bicyclic) bond motifs is 3. The number of morpholine rings is 1. The lowest BCUT2D eigenvalue weighted by molar-refractivity contribution is -0.384. The number of amides is 5. The first kappa shape index (κ1) is 42.6. The molecule has 0 aromatic heterocycles. The molecule has 64 heavy (non-hydrogen) atoms. The summed E-state index contributed by atoms with van der Waals surface area (Å²) >= 11 is 0. The number of nitrogens with zero attached hydrogens (tertiary/aromatic N) is 3. The van der Waals surface area contributed by atoms with Crippen molar-refractivity contribution in [1.29, 1.82) is 0 Å². The number of rotatable bonds is 11. The van der Waals surface area contributed by atoms with Crippen LogP contribution in [0.25, 0.3) is 0 Å². The summed E-state index contributed by atoms with van der Waals surface area (Å²) < 4.78 is 18.2. The molecular weight excluding hydrogens is 825 g/mol. The highest BCUT2D eigenvalue weighted by molar-refractivity contribution is 6.23. The largest absolute Gasteiger partial charge is 0.491 e. The van der Waals surface area contributed by atoms with Crippen LogP contribution in [0.4, 0.5) is 21.0 Å². The summed E-state index contributed by atoms with van der Waals surface area (Å²) in [4.78, 5) is 84.7. The molecule has 5 amide bonds.